The van der Waals surface area contributed by atoms with Crippen molar-refractivity contribution in [1.82, 2.24) is 10.6 Å². The number of hydrogen-bond acceptors (Lipinski definition) is 4. The Kier molecular flexibility index (Phi) is 7.25. The van der Waals surface area contributed by atoms with Crippen LogP contribution in [-0.4, -0.2) is 37.7 Å². The first-order valence-corrected chi connectivity index (χ1v) is 9.11. The first-order valence-electron chi connectivity index (χ1n) is 9.11. The molecule has 4 heteroatoms. The van der Waals surface area contributed by atoms with Crippen LogP contribution < -0.4 is 10.6 Å². The second kappa shape index (κ2) is 9.19. The fourth-order valence-corrected chi connectivity index (χ4v) is 3.22. The Hall–Kier alpha value is -1.39. The van der Waals surface area contributed by atoms with E-state index in [4.69, 9.17) is 4.74 Å². The van der Waals surface area contributed by atoms with Gasteiger partial charge in [-0.25, -0.2) is 0 Å². The summed E-state index contributed by atoms with van der Waals surface area (Å²) in [6.07, 6.45) is 2.46. The van der Waals surface area contributed by atoms with E-state index in [1.807, 2.05) is 20.8 Å². The van der Waals surface area contributed by atoms with Crippen LogP contribution in [0.25, 0.3) is 0 Å². The number of carbonyl (C=O) groups excluding carboxylic acids is 1. The van der Waals surface area contributed by atoms with Crippen LogP contribution in [0.5, 0.6) is 0 Å². The van der Waals surface area contributed by atoms with Crippen molar-refractivity contribution >= 4 is 5.97 Å². The molecule has 0 radical (unpaired) electrons. The average molecular weight is 332 g/mol. The predicted molar refractivity (Wildman–Crippen MR) is 97.9 cm³/mol. The van der Waals surface area contributed by atoms with Crippen LogP contribution in [0.3, 0.4) is 0 Å². The SMILES string of the molecule is CC(C)(C)OC(=O)CCCNC[C@@H]1CNC[C@H]1Cc1ccccc1. The highest BCUT2D eigenvalue weighted by molar-refractivity contribution is 5.69. The molecule has 4 nitrogen and oxygen atoms in total. The van der Waals surface area contributed by atoms with Gasteiger partial charge in [-0.3, -0.25) is 4.79 Å². The highest BCUT2D eigenvalue weighted by Crippen LogP contribution is 2.21. The molecule has 1 aromatic rings. The van der Waals surface area contributed by atoms with Crippen molar-refractivity contribution in [3.8, 4) is 0 Å². The Morgan fingerprint density at radius 3 is 2.62 bits per heavy atom. The van der Waals surface area contributed by atoms with Gasteiger partial charge >= 0.3 is 5.97 Å². The number of benzene rings is 1. The van der Waals surface area contributed by atoms with Crippen LogP contribution in [0.15, 0.2) is 30.3 Å². The van der Waals surface area contributed by atoms with Crippen molar-refractivity contribution in [3.05, 3.63) is 35.9 Å². The molecule has 24 heavy (non-hydrogen) atoms. The van der Waals surface area contributed by atoms with Gasteiger partial charge in [0.25, 0.3) is 0 Å². The molecule has 0 aliphatic carbocycles. The van der Waals surface area contributed by atoms with Gasteiger partial charge in [-0.15, -0.1) is 0 Å². The largest absolute Gasteiger partial charge is 0.460 e. The van der Waals surface area contributed by atoms with Crippen LogP contribution in [0, 0.1) is 11.8 Å². The van der Waals surface area contributed by atoms with E-state index in [0.29, 0.717) is 18.3 Å². The molecule has 2 atom stereocenters. The average Bonchev–Trinajstić information content (AvgIpc) is 2.93. The van der Waals surface area contributed by atoms with Gasteiger partial charge in [-0.1, -0.05) is 30.3 Å². The van der Waals surface area contributed by atoms with E-state index in [2.05, 4.69) is 41.0 Å². The molecule has 1 fully saturated rings. The second-order valence-electron chi connectivity index (χ2n) is 7.76. The summed E-state index contributed by atoms with van der Waals surface area (Å²) in [6, 6.07) is 10.7. The van der Waals surface area contributed by atoms with E-state index in [1.165, 1.54) is 5.56 Å². The van der Waals surface area contributed by atoms with E-state index in [0.717, 1.165) is 39.0 Å². The van der Waals surface area contributed by atoms with Crippen LogP contribution in [0.1, 0.15) is 39.2 Å². The van der Waals surface area contributed by atoms with Gasteiger partial charge in [0, 0.05) is 6.42 Å². The smallest absolute Gasteiger partial charge is 0.306 e. The second-order valence-corrected chi connectivity index (χ2v) is 7.76. The zero-order valence-corrected chi connectivity index (χ0v) is 15.3. The van der Waals surface area contributed by atoms with Crippen LogP contribution in [0.4, 0.5) is 0 Å². The summed E-state index contributed by atoms with van der Waals surface area (Å²) in [5.74, 6) is 1.24. The number of hydrogen-bond donors (Lipinski definition) is 2. The number of ether oxygens (including phenoxy) is 1. The van der Waals surface area contributed by atoms with E-state index in [9.17, 15) is 4.79 Å². The third-order valence-corrected chi connectivity index (χ3v) is 4.38. The molecule has 0 aromatic heterocycles. The maximum absolute atomic E-state index is 11.7. The topological polar surface area (TPSA) is 50.4 Å². The van der Waals surface area contributed by atoms with Crippen molar-refractivity contribution in [1.29, 1.82) is 0 Å². The fourth-order valence-electron chi connectivity index (χ4n) is 3.22. The molecular formula is C20H32N2O2. The Morgan fingerprint density at radius 1 is 1.21 bits per heavy atom. The lowest BCUT2D eigenvalue weighted by Gasteiger charge is -2.20. The zero-order valence-electron chi connectivity index (χ0n) is 15.3. The van der Waals surface area contributed by atoms with E-state index in [-0.39, 0.29) is 11.6 Å². The Labute approximate surface area is 146 Å². The lowest BCUT2D eigenvalue weighted by Crippen LogP contribution is -2.30. The summed E-state index contributed by atoms with van der Waals surface area (Å²) in [4.78, 5) is 11.7. The normalized spacial score (nSPS) is 21.0. The maximum Gasteiger partial charge on any atom is 0.306 e. The molecule has 2 N–H and O–H groups in total. The lowest BCUT2D eigenvalue weighted by atomic mass is 9.89. The number of rotatable bonds is 8. The summed E-state index contributed by atoms with van der Waals surface area (Å²) in [6.45, 7) is 9.78. The van der Waals surface area contributed by atoms with Gasteiger partial charge < -0.3 is 15.4 Å². The van der Waals surface area contributed by atoms with Gasteiger partial charge in [0.05, 0.1) is 0 Å². The predicted octanol–water partition coefficient (Wildman–Crippen LogP) is 2.78. The molecule has 0 spiro atoms. The molecule has 1 heterocycles. The molecule has 0 saturated carbocycles. The monoisotopic (exact) mass is 332 g/mol. The molecule has 0 bridgehead atoms. The van der Waals surface area contributed by atoms with Gasteiger partial charge in [0.15, 0.2) is 0 Å². The van der Waals surface area contributed by atoms with Crippen molar-refractivity contribution < 1.29 is 9.53 Å². The summed E-state index contributed by atoms with van der Waals surface area (Å²) >= 11 is 0. The van der Waals surface area contributed by atoms with Gasteiger partial charge in [-0.05, 0) is 77.2 Å². The van der Waals surface area contributed by atoms with Crippen molar-refractivity contribution in [3.63, 3.8) is 0 Å². The highest BCUT2D eigenvalue weighted by atomic mass is 16.6. The molecule has 0 unspecified atom stereocenters. The molecule has 1 saturated heterocycles. The minimum atomic E-state index is -0.384. The number of esters is 1. The molecule has 0 amide bonds. The minimum Gasteiger partial charge on any atom is -0.460 e. The lowest BCUT2D eigenvalue weighted by molar-refractivity contribution is -0.154. The van der Waals surface area contributed by atoms with Crippen LogP contribution >= 0.6 is 0 Å². The highest BCUT2D eigenvalue weighted by Gasteiger charge is 2.26. The van der Waals surface area contributed by atoms with E-state index in [1.54, 1.807) is 0 Å². The number of nitrogens with one attached hydrogen (secondary N) is 2. The summed E-state index contributed by atoms with van der Waals surface area (Å²) in [5, 5.41) is 7.03. The zero-order chi connectivity index (χ0) is 17.4. The van der Waals surface area contributed by atoms with Crippen molar-refractivity contribution in [2.75, 3.05) is 26.2 Å². The quantitative estimate of drug-likeness (QED) is 0.568. The van der Waals surface area contributed by atoms with Crippen LogP contribution in [0.2, 0.25) is 0 Å². The van der Waals surface area contributed by atoms with E-state index < -0.39 is 0 Å². The molecular weight excluding hydrogens is 300 g/mol. The van der Waals surface area contributed by atoms with Gasteiger partial charge in [0.2, 0.25) is 0 Å². The van der Waals surface area contributed by atoms with Crippen molar-refractivity contribution in [2.24, 2.45) is 11.8 Å². The minimum absolute atomic E-state index is 0.103. The van der Waals surface area contributed by atoms with E-state index >= 15 is 0 Å². The molecule has 1 aliphatic rings. The Balaban J connectivity index is 1.62. The summed E-state index contributed by atoms with van der Waals surface area (Å²) in [7, 11) is 0. The molecule has 2 rings (SSSR count). The molecule has 1 aromatic carbocycles. The first kappa shape index (κ1) is 18.9. The Morgan fingerprint density at radius 2 is 1.92 bits per heavy atom. The Bertz CT molecular complexity index is 496. The molecule has 134 valence electrons. The molecule has 1 aliphatic heterocycles. The van der Waals surface area contributed by atoms with Crippen LogP contribution in [-0.2, 0) is 16.0 Å². The summed E-state index contributed by atoms with van der Waals surface area (Å²) < 4.78 is 5.32. The number of carbonyl (C=O) groups is 1. The van der Waals surface area contributed by atoms with Crippen molar-refractivity contribution in [2.45, 2.75) is 45.6 Å². The third kappa shape index (κ3) is 7.02. The third-order valence-electron chi connectivity index (χ3n) is 4.38. The van der Waals surface area contributed by atoms with Gasteiger partial charge in [0.1, 0.15) is 5.60 Å². The fraction of sp³-hybridized carbons (Fsp3) is 0.650. The summed E-state index contributed by atoms with van der Waals surface area (Å²) in [5.41, 5.74) is 1.03. The maximum atomic E-state index is 11.7. The standard InChI is InChI=1S/C20H32N2O2/c1-20(2,3)24-19(23)10-7-11-21-14-18-15-22-13-17(18)12-16-8-5-4-6-9-16/h4-6,8-9,17-18,21-22H,7,10-15H2,1-3H3/t17-,18-/m1/s1. The van der Waals surface area contributed by atoms with Gasteiger partial charge in [-0.2, -0.15) is 0 Å². The first-order chi connectivity index (χ1) is 11.4.